The van der Waals surface area contributed by atoms with Crippen LogP contribution in [0.5, 0.6) is 11.5 Å². The molecule has 0 unspecified atom stereocenters. The first-order chi connectivity index (χ1) is 10.2. The van der Waals surface area contributed by atoms with E-state index >= 15 is 0 Å². The first-order valence-corrected chi connectivity index (χ1v) is 7.67. The molecule has 21 heavy (non-hydrogen) atoms. The molecule has 4 heteroatoms. The fourth-order valence-electron chi connectivity index (χ4n) is 2.19. The molecule has 0 atom stereocenters. The van der Waals surface area contributed by atoms with E-state index in [0.29, 0.717) is 21.7 Å². The number of benzene rings is 3. The highest BCUT2D eigenvalue weighted by molar-refractivity contribution is 6.35. The molecular formula is C17H11Cl3O. The number of ether oxygens (including phenoxy) is 1. The molecule has 1 nitrogen and oxygen atoms in total. The first kappa shape index (κ1) is 14.5. The highest BCUT2D eigenvalue weighted by atomic mass is 35.5. The Kier molecular flexibility index (Phi) is 4.25. The molecule has 3 aromatic rings. The van der Waals surface area contributed by atoms with E-state index in [-0.39, 0.29) is 0 Å². The van der Waals surface area contributed by atoms with Crippen molar-refractivity contribution in [2.45, 2.75) is 5.88 Å². The summed E-state index contributed by atoms with van der Waals surface area (Å²) in [6, 6.07) is 16.9. The summed E-state index contributed by atoms with van der Waals surface area (Å²) in [4.78, 5) is 0. The van der Waals surface area contributed by atoms with Gasteiger partial charge in [-0.05, 0) is 30.3 Å². The van der Waals surface area contributed by atoms with Gasteiger partial charge in [-0.3, -0.25) is 0 Å². The normalized spacial score (nSPS) is 10.8. The van der Waals surface area contributed by atoms with Gasteiger partial charge in [-0.25, -0.2) is 0 Å². The minimum atomic E-state index is 0.335. The van der Waals surface area contributed by atoms with Crippen molar-refractivity contribution in [3.63, 3.8) is 0 Å². The van der Waals surface area contributed by atoms with Gasteiger partial charge in [0, 0.05) is 26.4 Å². The third-order valence-electron chi connectivity index (χ3n) is 3.22. The Morgan fingerprint density at radius 2 is 1.52 bits per heavy atom. The summed E-state index contributed by atoms with van der Waals surface area (Å²) in [6.07, 6.45) is 0. The van der Waals surface area contributed by atoms with Crippen molar-refractivity contribution in [3.05, 3.63) is 70.2 Å². The highest BCUT2D eigenvalue weighted by Gasteiger charge is 2.09. The van der Waals surface area contributed by atoms with Crippen LogP contribution in [0.2, 0.25) is 10.0 Å². The topological polar surface area (TPSA) is 9.23 Å². The monoisotopic (exact) mass is 336 g/mol. The first-order valence-electron chi connectivity index (χ1n) is 6.38. The van der Waals surface area contributed by atoms with Crippen molar-refractivity contribution >= 4 is 45.6 Å². The lowest BCUT2D eigenvalue weighted by atomic mass is 10.1. The van der Waals surface area contributed by atoms with Gasteiger partial charge in [0.15, 0.2) is 0 Å². The van der Waals surface area contributed by atoms with E-state index in [1.165, 1.54) is 0 Å². The van der Waals surface area contributed by atoms with Crippen molar-refractivity contribution < 1.29 is 4.74 Å². The Morgan fingerprint density at radius 1 is 0.810 bits per heavy atom. The van der Waals surface area contributed by atoms with E-state index in [1.54, 1.807) is 6.07 Å². The molecule has 0 fully saturated rings. The van der Waals surface area contributed by atoms with Gasteiger partial charge in [0.2, 0.25) is 0 Å². The molecule has 0 N–H and O–H groups in total. The Morgan fingerprint density at radius 3 is 2.29 bits per heavy atom. The second kappa shape index (κ2) is 6.15. The molecule has 0 saturated heterocycles. The molecule has 0 aliphatic rings. The Balaban J connectivity index is 2.09. The molecule has 0 amide bonds. The number of halogens is 3. The molecule has 106 valence electrons. The van der Waals surface area contributed by atoms with E-state index in [0.717, 1.165) is 22.1 Å². The number of hydrogen-bond acceptors (Lipinski definition) is 1. The lowest BCUT2D eigenvalue weighted by Gasteiger charge is -2.12. The maximum Gasteiger partial charge on any atom is 0.135 e. The van der Waals surface area contributed by atoms with Crippen LogP contribution in [0, 0.1) is 0 Å². The zero-order valence-electron chi connectivity index (χ0n) is 10.9. The van der Waals surface area contributed by atoms with Crippen LogP contribution in [0.25, 0.3) is 10.8 Å². The van der Waals surface area contributed by atoms with E-state index in [9.17, 15) is 0 Å². The molecule has 0 radical (unpaired) electrons. The van der Waals surface area contributed by atoms with E-state index in [1.807, 2.05) is 48.5 Å². The molecule has 0 spiro atoms. The fourth-order valence-corrected chi connectivity index (χ4v) is 2.83. The summed E-state index contributed by atoms with van der Waals surface area (Å²) < 4.78 is 6.02. The summed E-state index contributed by atoms with van der Waals surface area (Å²) in [5.74, 6) is 1.77. The SMILES string of the molecule is ClCc1cc(Cl)ccc1Oc1ccc(Cl)c2ccccc12. The van der Waals surface area contributed by atoms with Crippen LogP contribution in [0.15, 0.2) is 54.6 Å². The van der Waals surface area contributed by atoms with Gasteiger partial charge in [-0.15, -0.1) is 11.6 Å². The van der Waals surface area contributed by atoms with Crippen molar-refractivity contribution in [1.29, 1.82) is 0 Å². The molecule has 0 bridgehead atoms. The van der Waals surface area contributed by atoms with Crippen LogP contribution in [0.1, 0.15) is 5.56 Å². The Bertz CT molecular complexity index is 799. The van der Waals surface area contributed by atoms with Gasteiger partial charge >= 0.3 is 0 Å². The maximum atomic E-state index is 6.22. The summed E-state index contributed by atoms with van der Waals surface area (Å²) in [7, 11) is 0. The van der Waals surface area contributed by atoms with Gasteiger partial charge < -0.3 is 4.74 Å². The van der Waals surface area contributed by atoms with Crippen LogP contribution in [0.4, 0.5) is 0 Å². The maximum absolute atomic E-state index is 6.22. The second-order valence-electron chi connectivity index (χ2n) is 4.58. The van der Waals surface area contributed by atoms with Crippen molar-refractivity contribution in [1.82, 2.24) is 0 Å². The van der Waals surface area contributed by atoms with Crippen LogP contribution >= 0.6 is 34.8 Å². The third-order valence-corrected chi connectivity index (χ3v) is 4.07. The van der Waals surface area contributed by atoms with Gasteiger partial charge in [-0.2, -0.15) is 0 Å². The Hall–Kier alpha value is -1.41. The largest absolute Gasteiger partial charge is 0.456 e. The molecule has 0 saturated carbocycles. The number of hydrogen-bond donors (Lipinski definition) is 0. The Labute approximate surface area is 138 Å². The summed E-state index contributed by atoms with van der Waals surface area (Å²) >= 11 is 18.2. The molecular weight excluding hydrogens is 327 g/mol. The number of rotatable bonds is 3. The predicted octanol–water partition coefficient (Wildman–Crippen LogP) is 6.68. The minimum Gasteiger partial charge on any atom is -0.456 e. The fraction of sp³-hybridized carbons (Fsp3) is 0.0588. The van der Waals surface area contributed by atoms with E-state index < -0.39 is 0 Å². The second-order valence-corrected chi connectivity index (χ2v) is 5.69. The van der Waals surface area contributed by atoms with Crippen molar-refractivity contribution in [2.75, 3.05) is 0 Å². The average molecular weight is 338 g/mol. The van der Waals surface area contributed by atoms with Gasteiger partial charge in [-0.1, -0.05) is 47.5 Å². The molecule has 0 aromatic heterocycles. The number of alkyl halides is 1. The standard InChI is InChI=1S/C17H11Cl3O/c18-10-11-9-12(19)5-7-16(11)21-17-8-6-15(20)13-3-1-2-4-14(13)17/h1-9H,10H2. The minimum absolute atomic E-state index is 0.335. The average Bonchev–Trinajstić information content (AvgIpc) is 2.52. The van der Waals surface area contributed by atoms with Crippen molar-refractivity contribution in [3.8, 4) is 11.5 Å². The zero-order chi connectivity index (χ0) is 14.8. The molecule has 0 aliphatic heterocycles. The zero-order valence-corrected chi connectivity index (χ0v) is 13.2. The van der Waals surface area contributed by atoms with Crippen LogP contribution in [0.3, 0.4) is 0 Å². The quantitative estimate of drug-likeness (QED) is 0.484. The summed E-state index contributed by atoms with van der Waals surface area (Å²) in [5.41, 5.74) is 0.850. The molecule has 3 aromatic carbocycles. The molecule has 3 rings (SSSR count). The molecule has 0 aliphatic carbocycles. The lowest BCUT2D eigenvalue weighted by Crippen LogP contribution is -1.91. The van der Waals surface area contributed by atoms with Gasteiger partial charge in [0.25, 0.3) is 0 Å². The van der Waals surface area contributed by atoms with Crippen LogP contribution < -0.4 is 4.74 Å². The van der Waals surface area contributed by atoms with E-state index in [2.05, 4.69) is 0 Å². The van der Waals surface area contributed by atoms with Crippen LogP contribution in [-0.2, 0) is 5.88 Å². The highest BCUT2D eigenvalue weighted by Crippen LogP contribution is 2.36. The third kappa shape index (κ3) is 2.96. The van der Waals surface area contributed by atoms with E-state index in [4.69, 9.17) is 39.5 Å². The number of fused-ring (bicyclic) bond motifs is 1. The van der Waals surface area contributed by atoms with Gasteiger partial charge in [0.05, 0.1) is 5.88 Å². The van der Waals surface area contributed by atoms with Crippen molar-refractivity contribution in [2.24, 2.45) is 0 Å². The summed E-state index contributed by atoms with van der Waals surface area (Å²) in [5, 5.41) is 3.25. The predicted molar refractivity (Wildman–Crippen MR) is 90.0 cm³/mol. The smallest absolute Gasteiger partial charge is 0.135 e. The summed E-state index contributed by atoms with van der Waals surface area (Å²) in [6.45, 7) is 0. The van der Waals surface area contributed by atoms with Gasteiger partial charge in [0.1, 0.15) is 11.5 Å². The lowest BCUT2D eigenvalue weighted by molar-refractivity contribution is 0.484. The van der Waals surface area contributed by atoms with Crippen LogP contribution in [-0.4, -0.2) is 0 Å². The molecule has 0 heterocycles.